The van der Waals surface area contributed by atoms with Crippen LogP contribution in [0, 0.1) is 0 Å². The van der Waals surface area contributed by atoms with Gasteiger partial charge in [0.25, 0.3) is 5.91 Å². The summed E-state index contributed by atoms with van der Waals surface area (Å²) in [6, 6.07) is 14.1. The lowest BCUT2D eigenvalue weighted by Crippen LogP contribution is -2.26. The molecule has 4 nitrogen and oxygen atoms in total. The zero-order valence-corrected chi connectivity index (χ0v) is 11.4. The first-order valence-corrected chi connectivity index (χ1v) is 6.43. The molecule has 0 aliphatic rings. The van der Waals surface area contributed by atoms with Crippen molar-refractivity contribution < 1.29 is 9.90 Å². The van der Waals surface area contributed by atoms with Gasteiger partial charge in [0, 0.05) is 25.7 Å². The molecule has 0 aliphatic heterocycles. The Kier molecular flexibility index (Phi) is 4.38. The molecule has 2 aromatic rings. The first-order valence-electron chi connectivity index (χ1n) is 6.43. The quantitative estimate of drug-likeness (QED) is 0.894. The SMILES string of the molecule is CN(Cc1ccccc1CN)C(=O)c1cccc(O)c1. The van der Waals surface area contributed by atoms with E-state index in [1.807, 2.05) is 24.3 Å². The summed E-state index contributed by atoms with van der Waals surface area (Å²) < 4.78 is 0. The largest absolute Gasteiger partial charge is 0.508 e. The predicted molar refractivity (Wildman–Crippen MR) is 78.2 cm³/mol. The van der Waals surface area contributed by atoms with Crippen LogP contribution in [0.25, 0.3) is 0 Å². The Morgan fingerprint density at radius 1 is 1.15 bits per heavy atom. The molecule has 2 rings (SSSR count). The summed E-state index contributed by atoms with van der Waals surface area (Å²) in [6.45, 7) is 0.937. The van der Waals surface area contributed by atoms with Gasteiger partial charge in [-0.15, -0.1) is 0 Å². The van der Waals surface area contributed by atoms with Gasteiger partial charge in [0.2, 0.25) is 0 Å². The molecule has 0 saturated carbocycles. The Hall–Kier alpha value is -2.33. The van der Waals surface area contributed by atoms with Crippen molar-refractivity contribution in [3.8, 4) is 5.75 Å². The van der Waals surface area contributed by atoms with Crippen LogP contribution in [-0.4, -0.2) is 23.0 Å². The summed E-state index contributed by atoms with van der Waals surface area (Å²) >= 11 is 0. The topological polar surface area (TPSA) is 66.6 Å². The lowest BCUT2D eigenvalue weighted by molar-refractivity contribution is 0.0784. The number of aromatic hydroxyl groups is 1. The normalized spacial score (nSPS) is 10.3. The van der Waals surface area contributed by atoms with E-state index >= 15 is 0 Å². The number of nitrogens with two attached hydrogens (primary N) is 1. The van der Waals surface area contributed by atoms with Crippen molar-refractivity contribution >= 4 is 5.91 Å². The molecule has 0 saturated heterocycles. The van der Waals surface area contributed by atoms with Crippen molar-refractivity contribution in [2.75, 3.05) is 7.05 Å². The molecule has 0 radical (unpaired) electrons. The first-order chi connectivity index (χ1) is 9.61. The average molecular weight is 270 g/mol. The summed E-state index contributed by atoms with van der Waals surface area (Å²) in [6.07, 6.45) is 0. The van der Waals surface area contributed by atoms with Gasteiger partial charge in [0.15, 0.2) is 0 Å². The minimum Gasteiger partial charge on any atom is -0.508 e. The van der Waals surface area contributed by atoms with E-state index in [1.165, 1.54) is 6.07 Å². The Morgan fingerprint density at radius 2 is 1.85 bits per heavy atom. The molecule has 3 N–H and O–H groups in total. The van der Waals surface area contributed by atoms with Gasteiger partial charge >= 0.3 is 0 Å². The summed E-state index contributed by atoms with van der Waals surface area (Å²) in [5.41, 5.74) is 8.23. The maximum Gasteiger partial charge on any atom is 0.254 e. The monoisotopic (exact) mass is 270 g/mol. The third-order valence-electron chi connectivity index (χ3n) is 3.19. The fourth-order valence-electron chi connectivity index (χ4n) is 2.10. The average Bonchev–Trinajstić information content (AvgIpc) is 2.47. The summed E-state index contributed by atoms with van der Waals surface area (Å²) in [7, 11) is 1.74. The Balaban J connectivity index is 2.15. The Bertz CT molecular complexity index is 611. The molecule has 2 aromatic carbocycles. The molecule has 20 heavy (non-hydrogen) atoms. The van der Waals surface area contributed by atoms with Crippen LogP contribution in [0.15, 0.2) is 48.5 Å². The fourth-order valence-corrected chi connectivity index (χ4v) is 2.10. The van der Waals surface area contributed by atoms with Crippen LogP contribution < -0.4 is 5.73 Å². The second-order valence-electron chi connectivity index (χ2n) is 4.68. The van der Waals surface area contributed by atoms with Crippen molar-refractivity contribution in [1.29, 1.82) is 0 Å². The van der Waals surface area contributed by atoms with E-state index in [9.17, 15) is 9.90 Å². The van der Waals surface area contributed by atoms with E-state index in [1.54, 1.807) is 30.1 Å². The Morgan fingerprint density at radius 3 is 2.50 bits per heavy atom. The smallest absolute Gasteiger partial charge is 0.254 e. The van der Waals surface area contributed by atoms with E-state index in [0.29, 0.717) is 18.7 Å². The number of amides is 1. The number of nitrogens with zero attached hydrogens (tertiary/aromatic N) is 1. The summed E-state index contributed by atoms with van der Waals surface area (Å²) in [4.78, 5) is 13.9. The molecule has 104 valence electrons. The van der Waals surface area contributed by atoms with Gasteiger partial charge in [-0.2, -0.15) is 0 Å². The summed E-state index contributed by atoms with van der Waals surface area (Å²) in [5.74, 6) is -0.0423. The molecular formula is C16H18N2O2. The number of phenols is 1. The van der Waals surface area contributed by atoms with Crippen LogP contribution in [0.1, 0.15) is 21.5 Å². The maximum atomic E-state index is 12.3. The van der Waals surface area contributed by atoms with E-state index in [-0.39, 0.29) is 11.7 Å². The van der Waals surface area contributed by atoms with Crippen LogP contribution in [0.4, 0.5) is 0 Å². The fraction of sp³-hybridized carbons (Fsp3) is 0.188. The zero-order valence-electron chi connectivity index (χ0n) is 11.4. The van der Waals surface area contributed by atoms with Gasteiger partial charge in [-0.25, -0.2) is 0 Å². The van der Waals surface area contributed by atoms with Crippen LogP contribution in [-0.2, 0) is 13.1 Å². The van der Waals surface area contributed by atoms with Gasteiger partial charge in [-0.3, -0.25) is 4.79 Å². The Labute approximate surface area is 118 Å². The molecule has 0 aliphatic carbocycles. The van der Waals surface area contributed by atoms with E-state index in [4.69, 9.17) is 5.73 Å². The van der Waals surface area contributed by atoms with Gasteiger partial charge in [-0.1, -0.05) is 30.3 Å². The van der Waals surface area contributed by atoms with Crippen molar-refractivity contribution in [3.05, 3.63) is 65.2 Å². The van der Waals surface area contributed by atoms with Crippen LogP contribution in [0.3, 0.4) is 0 Å². The number of carbonyl (C=O) groups excluding carboxylic acids is 1. The molecule has 0 spiro atoms. The molecule has 0 unspecified atom stereocenters. The zero-order chi connectivity index (χ0) is 14.5. The van der Waals surface area contributed by atoms with Crippen LogP contribution >= 0.6 is 0 Å². The molecule has 0 fully saturated rings. The van der Waals surface area contributed by atoms with Gasteiger partial charge in [0.05, 0.1) is 0 Å². The number of carbonyl (C=O) groups is 1. The molecule has 1 amide bonds. The van der Waals surface area contributed by atoms with Crippen LogP contribution in [0.2, 0.25) is 0 Å². The first kappa shape index (κ1) is 14.1. The molecule has 0 heterocycles. The second-order valence-corrected chi connectivity index (χ2v) is 4.68. The van der Waals surface area contributed by atoms with Crippen molar-refractivity contribution in [2.45, 2.75) is 13.1 Å². The van der Waals surface area contributed by atoms with Crippen molar-refractivity contribution in [1.82, 2.24) is 4.90 Å². The van der Waals surface area contributed by atoms with Gasteiger partial charge in [-0.05, 0) is 29.3 Å². The highest BCUT2D eigenvalue weighted by molar-refractivity contribution is 5.94. The van der Waals surface area contributed by atoms with Crippen molar-refractivity contribution in [2.24, 2.45) is 5.73 Å². The molecule has 0 aromatic heterocycles. The van der Waals surface area contributed by atoms with E-state index in [2.05, 4.69) is 0 Å². The highest BCUT2D eigenvalue weighted by atomic mass is 16.3. The number of hydrogen-bond donors (Lipinski definition) is 2. The standard InChI is InChI=1S/C16H18N2O2/c1-18(11-14-6-3-2-5-13(14)10-17)16(20)12-7-4-8-15(19)9-12/h2-9,19H,10-11,17H2,1H3. The van der Waals surface area contributed by atoms with Crippen molar-refractivity contribution in [3.63, 3.8) is 0 Å². The number of phenolic OH excluding ortho intramolecular Hbond substituents is 1. The molecule has 0 bridgehead atoms. The van der Waals surface area contributed by atoms with E-state index in [0.717, 1.165) is 11.1 Å². The van der Waals surface area contributed by atoms with Gasteiger partial charge < -0.3 is 15.7 Å². The summed E-state index contributed by atoms with van der Waals surface area (Å²) in [5, 5.41) is 9.43. The minimum atomic E-state index is -0.132. The maximum absolute atomic E-state index is 12.3. The third-order valence-corrected chi connectivity index (χ3v) is 3.19. The second kappa shape index (κ2) is 6.21. The third kappa shape index (κ3) is 3.16. The highest BCUT2D eigenvalue weighted by Crippen LogP contribution is 2.15. The predicted octanol–water partition coefficient (Wildman–Crippen LogP) is 2.12. The highest BCUT2D eigenvalue weighted by Gasteiger charge is 2.13. The number of benzene rings is 2. The van der Waals surface area contributed by atoms with Gasteiger partial charge in [0.1, 0.15) is 5.75 Å². The molecular weight excluding hydrogens is 252 g/mol. The molecule has 4 heteroatoms. The number of rotatable bonds is 4. The molecule has 0 atom stereocenters. The van der Waals surface area contributed by atoms with E-state index < -0.39 is 0 Å². The number of hydrogen-bond acceptors (Lipinski definition) is 3. The lowest BCUT2D eigenvalue weighted by atomic mass is 10.1. The lowest BCUT2D eigenvalue weighted by Gasteiger charge is -2.19. The minimum absolute atomic E-state index is 0.0895. The van der Waals surface area contributed by atoms with Crippen LogP contribution in [0.5, 0.6) is 5.75 Å².